The van der Waals surface area contributed by atoms with Crippen molar-refractivity contribution in [1.29, 1.82) is 0 Å². The highest BCUT2D eigenvalue weighted by Crippen LogP contribution is 2.29. The first-order chi connectivity index (χ1) is 18.0. The van der Waals surface area contributed by atoms with Crippen molar-refractivity contribution in [1.82, 2.24) is 14.9 Å². The summed E-state index contributed by atoms with van der Waals surface area (Å²) >= 11 is 6.39. The van der Waals surface area contributed by atoms with Gasteiger partial charge in [-0.05, 0) is 49.9 Å². The van der Waals surface area contributed by atoms with Gasteiger partial charge in [-0.3, -0.25) is 24.7 Å². The summed E-state index contributed by atoms with van der Waals surface area (Å²) in [4.78, 5) is 39.7. The molecule has 2 heterocycles. The Morgan fingerprint density at radius 1 is 1.00 bits per heavy atom. The number of fused-ring (bicyclic) bond motifs is 1. The second-order valence-electron chi connectivity index (χ2n) is 9.37. The maximum Gasteiger partial charge on any atom is 0.269 e. The highest BCUT2D eigenvalue weighted by atomic mass is 35.5. The number of rotatable bonds is 7. The van der Waals surface area contributed by atoms with Crippen LogP contribution in [0.25, 0.3) is 0 Å². The van der Waals surface area contributed by atoms with Crippen molar-refractivity contribution >= 4 is 34.7 Å². The van der Waals surface area contributed by atoms with Gasteiger partial charge >= 0.3 is 0 Å². The van der Waals surface area contributed by atoms with E-state index >= 15 is 0 Å². The first-order valence-electron chi connectivity index (χ1n) is 12.6. The van der Waals surface area contributed by atoms with Crippen molar-refractivity contribution in [2.75, 3.05) is 49.1 Å². The standard InChI is InChI=1S/C27H29ClN6O3/c28-23-6-2-4-8-25(23)32-16-13-31(14-17-32)15-18-33(26-22-5-1-3-7-24(22)29-19-30-26)27(35)20-9-11-21(12-10-20)34(36)37/h2,4,6,8-12,19H,1,3,5,7,13-18H2. The number of hydrogen-bond donors (Lipinski definition) is 0. The Labute approximate surface area is 220 Å². The number of nitro groups is 1. The number of aryl methyl sites for hydroxylation is 1. The molecule has 0 radical (unpaired) electrons. The molecule has 9 nitrogen and oxygen atoms in total. The second kappa shape index (κ2) is 11.2. The number of halogens is 1. The number of para-hydroxylation sites is 1. The summed E-state index contributed by atoms with van der Waals surface area (Å²) < 4.78 is 0. The van der Waals surface area contributed by atoms with Crippen molar-refractivity contribution in [2.45, 2.75) is 25.7 Å². The molecule has 1 aliphatic carbocycles. The Morgan fingerprint density at radius 3 is 2.46 bits per heavy atom. The predicted molar refractivity (Wildman–Crippen MR) is 144 cm³/mol. The van der Waals surface area contributed by atoms with Crippen LogP contribution in [-0.2, 0) is 12.8 Å². The third-order valence-corrected chi connectivity index (χ3v) is 7.45. The van der Waals surface area contributed by atoms with E-state index in [-0.39, 0.29) is 11.6 Å². The lowest BCUT2D eigenvalue weighted by molar-refractivity contribution is -0.384. The van der Waals surface area contributed by atoms with Crippen molar-refractivity contribution < 1.29 is 9.72 Å². The molecule has 2 aliphatic rings. The molecule has 192 valence electrons. The first-order valence-corrected chi connectivity index (χ1v) is 13.0. The topological polar surface area (TPSA) is 95.7 Å². The van der Waals surface area contributed by atoms with Crippen molar-refractivity contribution in [3.05, 3.63) is 86.8 Å². The Bertz CT molecular complexity index is 1280. The predicted octanol–water partition coefficient (Wildman–Crippen LogP) is 4.39. The number of carbonyl (C=O) groups is 1. The highest BCUT2D eigenvalue weighted by molar-refractivity contribution is 6.33. The molecule has 2 aromatic carbocycles. The van der Waals surface area contributed by atoms with Crippen LogP contribution >= 0.6 is 11.6 Å². The molecule has 10 heteroatoms. The van der Waals surface area contributed by atoms with Crippen LogP contribution in [0.2, 0.25) is 5.02 Å². The second-order valence-corrected chi connectivity index (χ2v) is 9.78. The van der Waals surface area contributed by atoms with Gasteiger partial charge in [0.15, 0.2) is 0 Å². The van der Waals surface area contributed by atoms with Crippen LogP contribution < -0.4 is 9.80 Å². The van der Waals surface area contributed by atoms with Crippen LogP contribution in [0.1, 0.15) is 34.5 Å². The number of nitrogens with zero attached hydrogens (tertiary/aromatic N) is 6. The normalized spacial score (nSPS) is 15.8. The molecule has 1 saturated heterocycles. The number of hydrogen-bond acceptors (Lipinski definition) is 7. The average Bonchev–Trinajstić information content (AvgIpc) is 2.94. The fraction of sp³-hybridized carbons (Fsp3) is 0.370. The summed E-state index contributed by atoms with van der Waals surface area (Å²) in [6, 6.07) is 13.7. The van der Waals surface area contributed by atoms with E-state index in [9.17, 15) is 14.9 Å². The quantitative estimate of drug-likeness (QED) is 0.337. The summed E-state index contributed by atoms with van der Waals surface area (Å²) in [6.07, 6.45) is 5.38. The summed E-state index contributed by atoms with van der Waals surface area (Å²) in [5, 5.41) is 11.8. The smallest absolute Gasteiger partial charge is 0.269 e. The minimum atomic E-state index is -0.463. The summed E-state index contributed by atoms with van der Waals surface area (Å²) in [7, 11) is 0. The molecule has 1 amide bonds. The zero-order valence-corrected chi connectivity index (χ0v) is 21.3. The van der Waals surface area contributed by atoms with Crippen molar-refractivity contribution in [3.63, 3.8) is 0 Å². The monoisotopic (exact) mass is 520 g/mol. The fourth-order valence-electron chi connectivity index (χ4n) is 5.08. The molecule has 1 fully saturated rings. The largest absolute Gasteiger partial charge is 0.368 e. The van der Waals surface area contributed by atoms with E-state index in [0.29, 0.717) is 24.5 Å². The minimum absolute atomic E-state index is 0.0427. The third kappa shape index (κ3) is 5.57. The van der Waals surface area contributed by atoms with Gasteiger partial charge in [0, 0.05) is 68.2 Å². The zero-order chi connectivity index (χ0) is 25.8. The van der Waals surface area contributed by atoms with Gasteiger partial charge in [0.2, 0.25) is 0 Å². The molecule has 0 bridgehead atoms. The SMILES string of the molecule is O=C(c1ccc([N+](=O)[O-])cc1)N(CCN1CCN(c2ccccc2Cl)CC1)c1ncnc2c1CCCC2. The molecule has 0 unspecified atom stereocenters. The zero-order valence-electron chi connectivity index (χ0n) is 20.6. The van der Waals surface area contributed by atoms with Crippen LogP contribution in [0.15, 0.2) is 54.9 Å². The number of piperazine rings is 1. The first kappa shape index (κ1) is 25.1. The molecule has 1 aromatic heterocycles. The molecule has 37 heavy (non-hydrogen) atoms. The lowest BCUT2D eigenvalue weighted by atomic mass is 9.96. The number of anilines is 2. The Hall–Kier alpha value is -3.56. The minimum Gasteiger partial charge on any atom is -0.368 e. The van der Waals surface area contributed by atoms with E-state index in [0.717, 1.165) is 73.8 Å². The van der Waals surface area contributed by atoms with Crippen LogP contribution in [0, 0.1) is 10.1 Å². The molecule has 0 spiro atoms. The number of amides is 1. The van der Waals surface area contributed by atoms with E-state index in [1.807, 2.05) is 24.3 Å². The molecule has 0 N–H and O–H groups in total. The van der Waals surface area contributed by atoms with Crippen LogP contribution in [0.3, 0.4) is 0 Å². The third-order valence-electron chi connectivity index (χ3n) is 7.13. The summed E-state index contributed by atoms with van der Waals surface area (Å²) in [5.74, 6) is 0.443. The van der Waals surface area contributed by atoms with Crippen molar-refractivity contribution in [3.8, 4) is 0 Å². The molecule has 0 atom stereocenters. The summed E-state index contributed by atoms with van der Waals surface area (Å²) in [5.41, 5.74) is 3.45. The maximum atomic E-state index is 13.7. The highest BCUT2D eigenvalue weighted by Gasteiger charge is 2.27. The van der Waals surface area contributed by atoms with Gasteiger partial charge in [-0.15, -0.1) is 0 Å². The lowest BCUT2D eigenvalue weighted by Gasteiger charge is -2.37. The van der Waals surface area contributed by atoms with E-state index in [4.69, 9.17) is 11.6 Å². The van der Waals surface area contributed by atoms with E-state index in [1.165, 1.54) is 30.6 Å². The van der Waals surface area contributed by atoms with Gasteiger partial charge in [0.25, 0.3) is 11.6 Å². The van der Waals surface area contributed by atoms with E-state index in [1.54, 1.807) is 4.90 Å². The van der Waals surface area contributed by atoms with Gasteiger partial charge in [0.1, 0.15) is 12.1 Å². The van der Waals surface area contributed by atoms with E-state index in [2.05, 4.69) is 19.8 Å². The summed E-state index contributed by atoms with van der Waals surface area (Å²) in [6.45, 7) is 4.56. The molecule has 1 aliphatic heterocycles. The fourth-order valence-corrected chi connectivity index (χ4v) is 5.34. The number of aromatic nitrogens is 2. The van der Waals surface area contributed by atoms with Crippen LogP contribution in [-0.4, -0.2) is 65.0 Å². The lowest BCUT2D eigenvalue weighted by Crippen LogP contribution is -2.49. The van der Waals surface area contributed by atoms with Crippen molar-refractivity contribution in [2.24, 2.45) is 0 Å². The molecular formula is C27H29ClN6O3. The van der Waals surface area contributed by atoms with Gasteiger partial charge in [0.05, 0.1) is 15.6 Å². The average molecular weight is 521 g/mol. The van der Waals surface area contributed by atoms with Gasteiger partial charge in [-0.25, -0.2) is 9.97 Å². The Kier molecular flexibility index (Phi) is 7.62. The van der Waals surface area contributed by atoms with Crippen LogP contribution in [0.5, 0.6) is 0 Å². The van der Waals surface area contributed by atoms with Gasteiger partial charge < -0.3 is 4.90 Å². The van der Waals surface area contributed by atoms with Gasteiger partial charge in [-0.2, -0.15) is 0 Å². The number of nitro benzene ring substituents is 1. The Balaban J connectivity index is 1.33. The van der Waals surface area contributed by atoms with Gasteiger partial charge in [-0.1, -0.05) is 23.7 Å². The van der Waals surface area contributed by atoms with E-state index < -0.39 is 4.92 Å². The molecule has 5 rings (SSSR count). The van der Waals surface area contributed by atoms with Crippen LogP contribution in [0.4, 0.5) is 17.2 Å². The molecule has 3 aromatic rings. The molecule has 0 saturated carbocycles. The maximum absolute atomic E-state index is 13.7. The number of benzene rings is 2. The number of non-ortho nitro benzene ring substituents is 1. The number of carbonyl (C=O) groups excluding carboxylic acids is 1. The Morgan fingerprint density at radius 2 is 1.73 bits per heavy atom. The molecular weight excluding hydrogens is 492 g/mol.